The average Bonchev–Trinajstić information content (AvgIpc) is 3.23. The molecule has 0 radical (unpaired) electrons. The largest absolute Gasteiger partial charge is 0.507 e. The highest BCUT2D eigenvalue weighted by Crippen LogP contribution is 2.44. The number of rotatable bonds is 6. The Morgan fingerprint density at radius 1 is 1.14 bits per heavy atom. The van der Waals surface area contributed by atoms with Gasteiger partial charge in [-0.05, 0) is 36.2 Å². The Hall–Kier alpha value is -3.15. The number of halogens is 1. The Labute approximate surface area is 162 Å². The van der Waals surface area contributed by atoms with Gasteiger partial charge in [0.1, 0.15) is 23.0 Å². The molecule has 0 spiro atoms. The van der Waals surface area contributed by atoms with Crippen molar-refractivity contribution in [3.63, 3.8) is 0 Å². The summed E-state index contributed by atoms with van der Waals surface area (Å²) in [5, 5.41) is 17.5. The predicted molar refractivity (Wildman–Crippen MR) is 104 cm³/mol. The number of nitrogens with one attached hydrogen (secondary N) is 1. The van der Waals surface area contributed by atoms with E-state index in [4.69, 9.17) is 0 Å². The maximum atomic E-state index is 13.5. The highest BCUT2D eigenvalue weighted by Gasteiger charge is 2.42. The van der Waals surface area contributed by atoms with Crippen molar-refractivity contribution in [1.29, 1.82) is 0 Å². The lowest BCUT2D eigenvalue weighted by Crippen LogP contribution is -2.30. The molecule has 144 valence electrons. The molecule has 0 saturated carbocycles. The van der Waals surface area contributed by atoms with Crippen LogP contribution in [0.25, 0.3) is 11.3 Å². The van der Waals surface area contributed by atoms with Crippen LogP contribution in [-0.4, -0.2) is 32.7 Å². The number of nitrogens with zero attached hydrogens (tertiary/aromatic N) is 2. The van der Waals surface area contributed by atoms with Crippen molar-refractivity contribution in [2.45, 2.75) is 32.2 Å². The van der Waals surface area contributed by atoms with Gasteiger partial charge in [-0.15, -0.1) is 0 Å². The molecule has 2 aromatic carbocycles. The van der Waals surface area contributed by atoms with Crippen molar-refractivity contribution in [3.05, 3.63) is 71.2 Å². The predicted octanol–water partition coefficient (Wildman–Crippen LogP) is 4.66. The number of phenols is 1. The van der Waals surface area contributed by atoms with Gasteiger partial charge in [0.15, 0.2) is 0 Å². The summed E-state index contributed by atoms with van der Waals surface area (Å²) in [5.74, 6) is -0.333. The number of aromatic nitrogens is 2. The third-order valence-corrected chi connectivity index (χ3v) is 5.21. The van der Waals surface area contributed by atoms with E-state index in [0.717, 1.165) is 30.4 Å². The van der Waals surface area contributed by atoms with Gasteiger partial charge in [0, 0.05) is 17.7 Å². The summed E-state index contributed by atoms with van der Waals surface area (Å²) in [6.45, 7) is 2.73. The fourth-order valence-corrected chi connectivity index (χ4v) is 3.83. The lowest BCUT2D eigenvalue weighted by molar-refractivity contribution is 0.0740. The van der Waals surface area contributed by atoms with Crippen LogP contribution < -0.4 is 0 Å². The van der Waals surface area contributed by atoms with Crippen LogP contribution in [0, 0.1) is 5.82 Å². The summed E-state index contributed by atoms with van der Waals surface area (Å²) in [6, 6.07) is 12.8. The van der Waals surface area contributed by atoms with E-state index in [1.165, 1.54) is 12.1 Å². The van der Waals surface area contributed by atoms with E-state index in [0.29, 0.717) is 23.5 Å². The van der Waals surface area contributed by atoms with Crippen molar-refractivity contribution >= 4 is 5.91 Å². The minimum atomic E-state index is -0.367. The van der Waals surface area contributed by atoms with Gasteiger partial charge >= 0.3 is 0 Å². The fourth-order valence-electron chi connectivity index (χ4n) is 3.83. The van der Waals surface area contributed by atoms with Gasteiger partial charge in [-0.1, -0.05) is 44.0 Å². The summed E-state index contributed by atoms with van der Waals surface area (Å²) in [6.07, 6.45) is 2.97. The van der Waals surface area contributed by atoms with Crippen LogP contribution >= 0.6 is 0 Å². The van der Waals surface area contributed by atoms with Gasteiger partial charge < -0.3 is 10.0 Å². The number of fused-ring (bicyclic) bond motifs is 1. The number of carbonyl (C=O) groups excluding carboxylic acids is 1. The Morgan fingerprint density at radius 3 is 2.61 bits per heavy atom. The van der Waals surface area contributed by atoms with Crippen molar-refractivity contribution < 1.29 is 14.3 Å². The molecular formula is C22H22FN3O2. The van der Waals surface area contributed by atoms with E-state index < -0.39 is 0 Å². The summed E-state index contributed by atoms with van der Waals surface area (Å²) >= 11 is 0. The third kappa shape index (κ3) is 3.05. The van der Waals surface area contributed by atoms with E-state index in [9.17, 15) is 14.3 Å². The molecule has 0 aliphatic carbocycles. The molecule has 1 aliphatic heterocycles. The molecule has 2 N–H and O–H groups in total. The highest BCUT2D eigenvalue weighted by atomic mass is 19.1. The van der Waals surface area contributed by atoms with Crippen LogP contribution in [0.15, 0.2) is 48.5 Å². The van der Waals surface area contributed by atoms with Crippen LogP contribution in [0.2, 0.25) is 0 Å². The maximum absolute atomic E-state index is 13.5. The zero-order valence-electron chi connectivity index (χ0n) is 15.7. The smallest absolute Gasteiger partial charge is 0.273 e. The van der Waals surface area contributed by atoms with Gasteiger partial charge in [0.25, 0.3) is 5.91 Å². The number of aromatic hydroxyl groups is 1. The Balaban J connectivity index is 1.83. The summed E-state index contributed by atoms with van der Waals surface area (Å²) < 4.78 is 13.5. The molecule has 1 aromatic heterocycles. The summed E-state index contributed by atoms with van der Waals surface area (Å²) in [5.41, 5.74) is 3.10. The molecule has 0 saturated heterocycles. The minimum absolute atomic E-state index is 0.103. The second-order valence-corrected chi connectivity index (χ2v) is 7.04. The molecule has 28 heavy (non-hydrogen) atoms. The van der Waals surface area contributed by atoms with Crippen molar-refractivity contribution in [2.75, 3.05) is 6.54 Å². The number of unbranched alkanes of at least 4 members (excludes halogenated alkanes) is 2. The number of hydrogen-bond acceptors (Lipinski definition) is 3. The van der Waals surface area contributed by atoms with E-state index in [-0.39, 0.29) is 23.5 Å². The lowest BCUT2D eigenvalue weighted by atomic mass is 9.95. The number of benzene rings is 2. The number of phenolic OH excluding ortho intramolecular Hbond substituents is 1. The normalized spacial score (nSPS) is 15.9. The number of amides is 1. The second-order valence-electron chi connectivity index (χ2n) is 7.04. The zero-order valence-corrected chi connectivity index (χ0v) is 15.7. The summed E-state index contributed by atoms with van der Waals surface area (Å²) in [7, 11) is 0. The number of para-hydroxylation sites is 1. The SMILES string of the molecule is CCCCCN1C(=O)c2[nH]nc(-c3ccccc3O)c2C1c1ccc(F)cc1. The van der Waals surface area contributed by atoms with Gasteiger partial charge in [0.05, 0.1) is 6.04 Å². The first-order valence-electron chi connectivity index (χ1n) is 9.55. The Morgan fingerprint density at radius 2 is 1.89 bits per heavy atom. The zero-order chi connectivity index (χ0) is 19.7. The molecule has 0 bridgehead atoms. The number of carbonyl (C=O) groups is 1. The van der Waals surface area contributed by atoms with E-state index >= 15 is 0 Å². The standard InChI is InChI=1S/C22H22FN3O2/c1-2-3-6-13-26-21(14-9-11-15(23)12-10-14)18-19(24-25-20(18)22(26)28)16-7-4-5-8-17(16)27/h4-5,7-12,21,27H,2-3,6,13H2,1H3,(H,24,25). The average molecular weight is 379 g/mol. The quantitative estimate of drug-likeness (QED) is 0.612. The first-order chi connectivity index (χ1) is 13.6. The molecule has 1 atom stereocenters. The van der Waals surface area contributed by atoms with Gasteiger partial charge in [0.2, 0.25) is 0 Å². The monoisotopic (exact) mass is 379 g/mol. The number of hydrogen-bond donors (Lipinski definition) is 2. The molecule has 6 heteroatoms. The third-order valence-electron chi connectivity index (χ3n) is 5.21. The Bertz CT molecular complexity index is 997. The second kappa shape index (κ2) is 7.46. The molecule has 3 aromatic rings. The van der Waals surface area contributed by atoms with Crippen LogP contribution in [0.3, 0.4) is 0 Å². The molecule has 1 amide bonds. The van der Waals surface area contributed by atoms with Gasteiger partial charge in [-0.2, -0.15) is 5.10 Å². The first-order valence-corrected chi connectivity index (χ1v) is 9.55. The van der Waals surface area contributed by atoms with E-state index in [1.54, 1.807) is 30.3 Å². The topological polar surface area (TPSA) is 69.2 Å². The van der Waals surface area contributed by atoms with Crippen LogP contribution in [0.5, 0.6) is 5.75 Å². The van der Waals surface area contributed by atoms with Crippen LogP contribution in [0.4, 0.5) is 4.39 Å². The molecule has 5 nitrogen and oxygen atoms in total. The Kier molecular flexibility index (Phi) is 4.86. The highest BCUT2D eigenvalue weighted by molar-refractivity contribution is 6.00. The molecule has 2 heterocycles. The van der Waals surface area contributed by atoms with Gasteiger partial charge in [-0.3, -0.25) is 9.89 Å². The van der Waals surface area contributed by atoms with Crippen molar-refractivity contribution in [3.8, 4) is 17.0 Å². The van der Waals surface area contributed by atoms with Crippen molar-refractivity contribution in [2.24, 2.45) is 0 Å². The maximum Gasteiger partial charge on any atom is 0.273 e. The van der Waals surface area contributed by atoms with Crippen molar-refractivity contribution in [1.82, 2.24) is 15.1 Å². The van der Waals surface area contributed by atoms with Crippen LogP contribution in [0.1, 0.15) is 53.8 Å². The fraction of sp³-hybridized carbons (Fsp3) is 0.273. The van der Waals surface area contributed by atoms with E-state index in [2.05, 4.69) is 17.1 Å². The van der Waals surface area contributed by atoms with E-state index in [1.807, 2.05) is 11.0 Å². The molecule has 1 unspecified atom stereocenters. The molecular weight excluding hydrogens is 357 g/mol. The first kappa shape index (κ1) is 18.2. The number of H-pyrrole nitrogens is 1. The van der Waals surface area contributed by atoms with Crippen LogP contribution in [-0.2, 0) is 0 Å². The molecule has 0 fully saturated rings. The molecule has 4 rings (SSSR count). The van der Waals surface area contributed by atoms with Gasteiger partial charge in [-0.25, -0.2) is 4.39 Å². The summed E-state index contributed by atoms with van der Waals surface area (Å²) in [4.78, 5) is 14.9. The molecule has 1 aliphatic rings. The lowest BCUT2D eigenvalue weighted by Gasteiger charge is -2.26. The number of aromatic amines is 1. The minimum Gasteiger partial charge on any atom is -0.507 e.